The maximum absolute atomic E-state index is 11.6. The summed E-state index contributed by atoms with van der Waals surface area (Å²) in [5, 5.41) is 20.1. The molecular formula is C10H16N4O3S. The lowest BCUT2D eigenvalue weighted by Crippen LogP contribution is -2.35. The minimum atomic E-state index is -1.06. The number of hydrogen-bond acceptors (Lipinski definition) is 5. The van der Waals surface area contributed by atoms with E-state index in [2.05, 4.69) is 29.4 Å². The van der Waals surface area contributed by atoms with E-state index in [1.165, 1.54) is 18.4 Å². The van der Waals surface area contributed by atoms with E-state index in [1.54, 1.807) is 0 Å². The minimum absolute atomic E-state index is 0.358. The molecule has 0 fully saturated rings. The summed E-state index contributed by atoms with van der Waals surface area (Å²) < 4.78 is 0. The number of likely N-dealkylation sites (N-methyl/N-ethyl adjacent to an activating group) is 1. The van der Waals surface area contributed by atoms with Crippen LogP contribution in [0.25, 0.3) is 0 Å². The average Bonchev–Trinajstić information content (AvgIpc) is 2.63. The van der Waals surface area contributed by atoms with Gasteiger partial charge in [0.05, 0.1) is 0 Å². The van der Waals surface area contributed by atoms with Crippen LogP contribution in [0.3, 0.4) is 0 Å². The molecule has 1 rings (SSSR count). The molecule has 0 spiro atoms. The molecule has 0 saturated heterocycles. The molecule has 0 radical (unpaired) electrons. The standard InChI is InChI=1S/C10H16N4O3S/c1-6(2)4-7-12-13-9(18-7)11-10(17)14(3)5-8(15)16/h6H,4-5H2,1-3H3,(H,15,16)(H,11,13,17). The van der Waals surface area contributed by atoms with Gasteiger partial charge in [0.2, 0.25) is 5.13 Å². The highest BCUT2D eigenvalue weighted by molar-refractivity contribution is 7.15. The van der Waals surface area contributed by atoms with Crippen molar-refractivity contribution in [1.29, 1.82) is 0 Å². The third-order valence-electron chi connectivity index (χ3n) is 1.98. The molecule has 1 aromatic rings. The van der Waals surface area contributed by atoms with E-state index in [-0.39, 0.29) is 6.54 Å². The van der Waals surface area contributed by atoms with Crippen LogP contribution in [-0.4, -0.2) is 45.8 Å². The minimum Gasteiger partial charge on any atom is -0.480 e. The van der Waals surface area contributed by atoms with Crippen LogP contribution in [0, 0.1) is 5.92 Å². The van der Waals surface area contributed by atoms with Gasteiger partial charge in [0.1, 0.15) is 11.6 Å². The van der Waals surface area contributed by atoms with E-state index >= 15 is 0 Å². The fourth-order valence-corrected chi connectivity index (χ4v) is 2.14. The van der Waals surface area contributed by atoms with Gasteiger partial charge in [-0.05, 0) is 5.92 Å². The number of carbonyl (C=O) groups is 2. The molecule has 7 nitrogen and oxygen atoms in total. The second kappa shape index (κ2) is 6.29. The zero-order chi connectivity index (χ0) is 13.7. The van der Waals surface area contributed by atoms with E-state index in [0.29, 0.717) is 11.0 Å². The Hall–Kier alpha value is -1.70. The maximum atomic E-state index is 11.6. The van der Waals surface area contributed by atoms with Crippen molar-refractivity contribution in [2.45, 2.75) is 20.3 Å². The van der Waals surface area contributed by atoms with E-state index in [1.807, 2.05) is 0 Å². The van der Waals surface area contributed by atoms with Crippen molar-refractivity contribution in [3.63, 3.8) is 0 Å². The first-order chi connectivity index (χ1) is 8.38. The Morgan fingerprint density at radius 2 is 2.11 bits per heavy atom. The number of carbonyl (C=O) groups excluding carboxylic acids is 1. The number of hydrogen-bond donors (Lipinski definition) is 2. The van der Waals surface area contributed by atoms with Crippen molar-refractivity contribution in [3.8, 4) is 0 Å². The monoisotopic (exact) mass is 272 g/mol. The van der Waals surface area contributed by atoms with Gasteiger partial charge >= 0.3 is 12.0 Å². The summed E-state index contributed by atoms with van der Waals surface area (Å²) in [6, 6.07) is -0.510. The molecule has 0 aliphatic carbocycles. The summed E-state index contributed by atoms with van der Waals surface area (Å²) in [7, 11) is 1.40. The Morgan fingerprint density at radius 1 is 1.44 bits per heavy atom. The Balaban J connectivity index is 2.54. The first kappa shape index (κ1) is 14.4. The van der Waals surface area contributed by atoms with Crippen LogP contribution >= 0.6 is 11.3 Å². The smallest absolute Gasteiger partial charge is 0.323 e. The van der Waals surface area contributed by atoms with E-state index in [9.17, 15) is 9.59 Å². The molecule has 2 N–H and O–H groups in total. The highest BCUT2D eigenvalue weighted by Gasteiger charge is 2.14. The molecule has 0 unspecified atom stereocenters. The van der Waals surface area contributed by atoms with Crippen LogP contribution in [0.2, 0.25) is 0 Å². The van der Waals surface area contributed by atoms with Gasteiger partial charge in [-0.2, -0.15) is 0 Å². The molecule has 2 amide bonds. The highest BCUT2D eigenvalue weighted by atomic mass is 32.1. The number of nitrogens with one attached hydrogen (secondary N) is 1. The summed E-state index contributed by atoms with van der Waals surface area (Å²) in [6.45, 7) is 3.78. The van der Waals surface area contributed by atoms with Crippen LogP contribution in [0.5, 0.6) is 0 Å². The Kier molecular flexibility index (Phi) is 5.02. The van der Waals surface area contributed by atoms with Gasteiger partial charge in [0.25, 0.3) is 0 Å². The Morgan fingerprint density at radius 3 is 2.67 bits per heavy atom. The summed E-state index contributed by atoms with van der Waals surface area (Å²) >= 11 is 1.30. The van der Waals surface area contributed by atoms with Gasteiger partial charge in [0, 0.05) is 13.5 Å². The van der Waals surface area contributed by atoms with Crippen molar-refractivity contribution in [1.82, 2.24) is 15.1 Å². The van der Waals surface area contributed by atoms with Gasteiger partial charge in [-0.25, -0.2) is 4.79 Å². The van der Waals surface area contributed by atoms with Crippen LogP contribution < -0.4 is 5.32 Å². The van der Waals surface area contributed by atoms with Crippen molar-refractivity contribution in [2.75, 3.05) is 18.9 Å². The van der Waals surface area contributed by atoms with Crippen LogP contribution in [0.4, 0.5) is 9.93 Å². The van der Waals surface area contributed by atoms with E-state index in [4.69, 9.17) is 5.11 Å². The Bertz CT molecular complexity index is 433. The third kappa shape index (κ3) is 4.66. The largest absolute Gasteiger partial charge is 0.480 e. The third-order valence-corrected chi connectivity index (χ3v) is 2.84. The molecule has 8 heteroatoms. The number of amides is 2. The molecule has 0 aromatic carbocycles. The number of aliphatic carboxylic acids is 1. The second-order valence-corrected chi connectivity index (χ2v) is 5.34. The van der Waals surface area contributed by atoms with E-state index < -0.39 is 12.0 Å². The molecule has 1 aromatic heterocycles. The Labute approximate surface area is 109 Å². The van der Waals surface area contributed by atoms with Crippen LogP contribution in [-0.2, 0) is 11.2 Å². The highest BCUT2D eigenvalue weighted by Crippen LogP contribution is 2.18. The summed E-state index contributed by atoms with van der Waals surface area (Å²) in [5.74, 6) is -0.596. The first-order valence-electron chi connectivity index (χ1n) is 5.44. The topological polar surface area (TPSA) is 95.4 Å². The quantitative estimate of drug-likeness (QED) is 0.842. The summed E-state index contributed by atoms with van der Waals surface area (Å²) in [5.41, 5.74) is 0. The SMILES string of the molecule is CC(C)Cc1nnc(NC(=O)N(C)CC(=O)O)s1. The number of carboxylic acid groups (broad SMARTS) is 1. The summed E-state index contributed by atoms with van der Waals surface area (Å²) in [4.78, 5) is 23.1. The van der Waals surface area contributed by atoms with Crippen molar-refractivity contribution in [3.05, 3.63) is 5.01 Å². The normalized spacial score (nSPS) is 10.4. The number of nitrogens with zero attached hydrogens (tertiary/aromatic N) is 3. The zero-order valence-corrected chi connectivity index (χ0v) is 11.3. The molecule has 100 valence electrons. The number of urea groups is 1. The molecule has 18 heavy (non-hydrogen) atoms. The van der Waals surface area contributed by atoms with E-state index in [0.717, 1.165) is 16.3 Å². The zero-order valence-electron chi connectivity index (χ0n) is 10.5. The molecule has 0 aliphatic heterocycles. The number of carboxylic acids is 1. The van der Waals surface area contributed by atoms with Crippen molar-refractivity contribution in [2.24, 2.45) is 5.92 Å². The fourth-order valence-electron chi connectivity index (χ4n) is 1.20. The molecule has 1 heterocycles. The van der Waals surface area contributed by atoms with Crippen LogP contribution in [0.1, 0.15) is 18.9 Å². The molecule has 0 saturated carbocycles. The van der Waals surface area contributed by atoms with Gasteiger partial charge in [-0.1, -0.05) is 25.2 Å². The predicted octanol–water partition coefficient (Wildman–Crippen LogP) is 1.28. The van der Waals surface area contributed by atoms with Gasteiger partial charge in [-0.3, -0.25) is 10.1 Å². The second-order valence-electron chi connectivity index (χ2n) is 4.28. The first-order valence-corrected chi connectivity index (χ1v) is 6.26. The molecule has 0 aliphatic rings. The average molecular weight is 272 g/mol. The molecule has 0 atom stereocenters. The van der Waals surface area contributed by atoms with Gasteiger partial charge in [-0.15, -0.1) is 10.2 Å². The fraction of sp³-hybridized carbons (Fsp3) is 0.600. The molecule has 0 bridgehead atoms. The van der Waals surface area contributed by atoms with Crippen LogP contribution in [0.15, 0.2) is 0 Å². The van der Waals surface area contributed by atoms with Crippen molar-refractivity contribution < 1.29 is 14.7 Å². The number of aromatic nitrogens is 2. The number of anilines is 1. The van der Waals surface area contributed by atoms with Crippen molar-refractivity contribution >= 4 is 28.5 Å². The van der Waals surface area contributed by atoms with Gasteiger partial charge < -0.3 is 10.0 Å². The predicted molar refractivity (Wildman–Crippen MR) is 67.7 cm³/mol. The lowest BCUT2D eigenvalue weighted by atomic mass is 10.1. The molecular weight excluding hydrogens is 256 g/mol. The number of rotatable bonds is 5. The van der Waals surface area contributed by atoms with Gasteiger partial charge in [0.15, 0.2) is 0 Å². The summed E-state index contributed by atoms with van der Waals surface area (Å²) in [6.07, 6.45) is 0.804. The lowest BCUT2D eigenvalue weighted by Gasteiger charge is -2.13. The lowest BCUT2D eigenvalue weighted by molar-refractivity contribution is -0.137. The maximum Gasteiger partial charge on any atom is 0.323 e.